The van der Waals surface area contributed by atoms with Gasteiger partial charge < -0.3 is 13.9 Å². The van der Waals surface area contributed by atoms with Gasteiger partial charge in [-0.3, -0.25) is 0 Å². The Kier molecular flexibility index (Phi) is 3.39. The first-order chi connectivity index (χ1) is 9.78. The van der Waals surface area contributed by atoms with Crippen molar-refractivity contribution in [3.8, 4) is 17.6 Å². The molecule has 0 fully saturated rings. The highest BCUT2D eigenvalue weighted by Gasteiger charge is 2.27. The minimum absolute atomic E-state index is 0.234. The van der Waals surface area contributed by atoms with Crippen LogP contribution in [0.4, 0.5) is 0 Å². The van der Waals surface area contributed by atoms with Gasteiger partial charge in [0.1, 0.15) is 6.61 Å². The Morgan fingerprint density at radius 1 is 1.40 bits per heavy atom. The molecule has 0 spiro atoms. The molecule has 1 aromatic heterocycles. The van der Waals surface area contributed by atoms with Gasteiger partial charge in [-0.1, -0.05) is 12.1 Å². The zero-order valence-corrected chi connectivity index (χ0v) is 11.3. The van der Waals surface area contributed by atoms with Crippen LogP contribution >= 0.6 is 12.2 Å². The Hall–Kier alpha value is -2.33. The molecule has 1 aliphatic heterocycles. The van der Waals surface area contributed by atoms with E-state index >= 15 is 0 Å². The molecule has 2 aromatic rings. The SMILES string of the molecule is N#CCCn1nc(C2COc3ccccc3O2)oc1=S. The molecule has 20 heavy (non-hydrogen) atoms. The van der Waals surface area contributed by atoms with Gasteiger partial charge in [0, 0.05) is 0 Å². The van der Waals surface area contributed by atoms with Crippen LogP contribution in [0, 0.1) is 16.2 Å². The molecule has 0 radical (unpaired) electrons. The number of benzene rings is 1. The third-order valence-electron chi connectivity index (χ3n) is 2.84. The lowest BCUT2D eigenvalue weighted by molar-refractivity contribution is 0.0707. The van der Waals surface area contributed by atoms with Crippen molar-refractivity contribution >= 4 is 12.2 Å². The minimum Gasteiger partial charge on any atom is -0.485 e. The van der Waals surface area contributed by atoms with Gasteiger partial charge in [-0.05, 0) is 24.4 Å². The van der Waals surface area contributed by atoms with Crippen LogP contribution in [0.15, 0.2) is 28.7 Å². The molecule has 1 unspecified atom stereocenters. The Morgan fingerprint density at radius 3 is 3.00 bits per heavy atom. The van der Waals surface area contributed by atoms with Crippen LogP contribution in [0.1, 0.15) is 18.4 Å². The van der Waals surface area contributed by atoms with Crippen LogP contribution in [0.2, 0.25) is 0 Å². The summed E-state index contributed by atoms with van der Waals surface area (Å²) >= 11 is 5.06. The number of hydrogen-bond donors (Lipinski definition) is 0. The second kappa shape index (κ2) is 5.35. The molecule has 1 aliphatic rings. The van der Waals surface area contributed by atoms with Crippen LogP contribution in [0.3, 0.4) is 0 Å². The summed E-state index contributed by atoms with van der Waals surface area (Å²) in [4.78, 5) is 0.234. The molecular formula is C13H11N3O3S. The van der Waals surface area contributed by atoms with E-state index in [1.54, 1.807) is 0 Å². The maximum absolute atomic E-state index is 8.58. The van der Waals surface area contributed by atoms with Crippen molar-refractivity contribution in [3.05, 3.63) is 35.0 Å². The molecule has 0 amide bonds. The van der Waals surface area contributed by atoms with E-state index in [9.17, 15) is 0 Å². The summed E-state index contributed by atoms with van der Waals surface area (Å²) in [5.74, 6) is 1.71. The number of fused-ring (bicyclic) bond motifs is 1. The van der Waals surface area contributed by atoms with Gasteiger partial charge in [-0.25, -0.2) is 4.68 Å². The van der Waals surface area contributed by atoms with Gasteiger partial charge in [-0.2, -0.15) is 5.26 Å². The van der Waals surface area contributed by atoms with Crippen molar-refractivity contribution in [1.82, 2.24) is 9.78 Å². The molecule has 102 valence electrons. The molecule has 1 aromatic carbocycles. The van der Waals surface area contributed by atoms with E-state index in [0.717, 1.165) is 0 Å². The van der Waals surface area contributed by atoms with E-state index in [2.05, 4.69) is 5.10 Å². The molecule has 0 saturated carbocycles. The van der Waals surface area contributed by atoms with Gasteiger partial charge in [0.25, 0.3) is 10.7 Å². The summed E-state index contributed by atoms with van der Waals surface area (Å²) < 4.78 is 18.3. The Bertz CT molecular complexity index is 716. The maximum atomic E-state index is 8.58. The van der Waals surface area contributed by atoms with E-state index < -0.39 is 6.10 Å². The summed E-state index contributed by atoms with van der Waals surface area (Å²) in [7, 11) is 0. The van der Waals surface area contributed by atoms with Crippen LogP contribution in [-0.2, 0) is 6.54 Å². The fourth-order valence-electron chi connectivity index (χ4n) is 1.89. The molecule has 3 rings (SSSR count). The molecule has 0 saturated heterocycles. The predicted octanol–water partition coefficient (Wildman–Crippen LogP) is 2.63. The Labute approximate surface area is 120 Å². The predicted molar refractivity (Wildman–Crippen MR) is 70.9 cm³/mol. The summed E-state index contributed by atoms with van der Waals surface area (Å²) in [6.45, 7) is 0.716. The summed E-state index contributed by atoms with van der Waals surface area (Å²) in [6, 6.07) is 9.45. The average Bonchev–Trinajstić information content (AvgIpc) is 2.86. The molecule has 0 aliphatic carbocycles. The highest BCUT2D eigenvalue weighted by atomic mass is 32.1. The fraction of sp³-hybridized carbons (Fsp3) is 0.308. The van der Waals surface area contributed by atoms with Gasteiger partial charge >= 0.3 is 0 Å². The second-order valence-electron chi connectivity index (χ2n) is 4.20. The molecule has 0 bridgehead atoms. The standard InChI is InChI=1S/C13H11N3O3S/c14-6-3-7-16-13(20)19-12(15-16)11-8-17-9-4-1-2-5-10(9)18-11/h1-2,4-5,11H,3,7-8H2. The zero-order chi connectivity index (χ0) is 13.9. The van der Waals surface area contributed by atoms with Gasteiger partial charge in [0.05, 0.1) is 19.0 Å². The van der Waals surface area contributed by atoms with Gasteiger partial charge in [0.15, 0.2) is 11.5 Å². The summed E-state index contributed by atoms with van der Waals surface area (Å²) in [5.41, 5.74) is 0. The molecule has 0 N–H and O–H groups in total. The zero-order valence-electron chi connectivity index (χ0n) is 10.5. The Balaban J connectivity index is 1.82. The van der Waals surface area contributed by atoms with E-state index in [1.807, 2.05) is 30.3 Å². The molecule has 7 heteroatoms. The first-order valence-electron chi connectivity index (χ1n) is 6.11. The number of nitrogens with zero attached hydrogens (tertiary/aromatic N) is 3. The third-order valence-corrected chi connectivity index (χ3v) is 3.14. The number of aryl methyl sites for hydroxylation is 1. The number of nitriles is 1. The van der Waals surface area contributed by atoms with E-state index in [4.69, 9.17) is 31.4 Å². The lowest BCUT2D eigenvalue weighted by atomic mass is 10.2. The normalized spacial score (nSPS) is 16.6. The molecule has 2 heterocycles. The highest BCUT2D eigenvalue weighted by molar-refractivity contribution is 7.71. The number of para-hydroxylation sites is 2. The number of rotatable bonds is 3. The lowest BCUT2D eigenvalue weighted by Crippen LogP contribution is -2.22. The third kappa shape index (κ3) is 2.38. The van der Waals surface area contributed by atoms with Crippen molar-refractivity contribution < 1.29 is 13.9 Å². The van der Waals surface area contributed by atoms with Crippen LogP contribution < -0.4 is 9.47 Å². The molecular weight excluding hydrogens is 278 g/mol. The van der Waals surface area contributed by atoms with Crippen molar-refractivity contribution in [2.24, 2.45) is 0 Å². The molecule has 1 atom stereocenters. The van der Waals surface area contributed by atoms with Gasteiger partial charge in [-0.15, -0.1) is 5.10 Å². The van der Waals surface area contributed by atoms with E-state index in [0.29, 0.717) is 37.0 Å². The van der Waals surface area contributed by atoms with Gasteiger partial charge in [0.2, 0.25) is 6.10 Å². The summed E-state index contributed by atoms with van der Waals surface area (Å²) in [5, 5.41) is 12.8. The quantitative estimate of drug-likeness (QED) is 0.809. The van der Waals surface area contributed by atoms with Crippen molar-refractivity contribution in [2.75, 3.05) is 6.61 Å². The van der Waals surface area contributed by atoms with Crippen LogP contribution in [-0.4, -0.2) is 16.4 Å². The van der Waals surface area contributed by atoms with Crippen molar-refractivity contribution in [1.29, 1.82) is 5.26 Å². The number of aromatic nitrogens is 2. The van der Waals surface area contributed by atoms with E-state index in [1.165, 1.54) is 4.68 Å². The first kappa shape index (κ1) is 12.7. The minimum atomic E-state index is -0.435. The smallest absolute Gasteiger partial charge is 0.287 e. The summed E-state index contributed by atoms with van der Waals surface area (Å²) in [6.07, 6.45) is -0.111. The topological polar surface area (TPSA) is 73.2 Å². The number of hydrogen-bond acceptors (Lipinski definition) is 6. The van der Waals surface area contributed by atoms with E-state index in [-0.39, 0.29) is 4.84 Å². The average molecular weight is 289 g/mol. The Morgan fingerprint density at radius 2 is 2.20 bits per heavy atom. The second-order valence-corrected chi connectivity index (χ2v) is 4.55. The van der Waals surface area contributed by atoms with Crippen LogP contribution in [0.25, 0.3) is 0 Å². The first-order valence-corrected chi connectivity index (χ1v) is 6.52. The van der Waals surface area contributed by atoms with Crippen LogP contribution in [0.5, 0.6) is 11.5 Å². The fourth-order valence-corrected chi connectivity index (χ4v) is 2.11. The van der Waals surface area contributed by atoms with Crippen molar-refractivity contribution in [3.63, 3.8) is 0 Å². The lowest BCUT2D eigenvalue weighted by Gasteiger charge is -2.23. The van der Waals surface area contributed by atoms with Crippen molar-refractivity contribution in [2.45, 2.75) is 19.1 Å². The molecule has 6 nitrogen and oxygen atoms in total. The largest absolute Gasteiger partial charge is 0.485 e. The highest BCUT2D eigenvalue weighted by Crippen LogP contribution is 2.35. The number of ether oxygens (including phenoxy) is 2. The monoisotopic (exact) mass is 289 g/mol. The maximum Gasteiger partial charge on any atom is 0.287 e.